The quantitative estimate of drug-likeness (QED) is 0.233. The summed E-state index contributed by atoms with van der Waals surface area (Å²) in [6.07, 6.45) is 5.02. The number of benzene rings is 1. The van der Waals surface area contributed by atoms with Gasteiger partial charge < -0.3 is 37.1 Å². The van der Waals surface area contributed by atoms with Gasteiger partial charge in [-0.25, -0.2) is 0 Å². The molecular formula is C32H55N7O3. The molecule has 3 aliphatic rings. The van der Waals surface area contributed by atoms with Crippen LogP contribution in [0.3, 0.4) is 0 Å². The highest BCUT2D eigenvalue weighted by Crippen LogP contribution is 2.33. The van der Waals surface area contributed by atoms with Crippen molar-refractivity contribution in [2.24, 2.45) is 23.3 Å². The summed E-state index contributed by atoms with van der Waals surface area (Å²) in [6, 6.07) is 5.08. The molecule has 4 unspecified atom stereocenters. The second kappa shape index (κ2) is 15.5. The van der Waals surface area contributed by atoms with E-state index in [9.17, 15) is 9.59 Å². The number of hydrogen-bond donors (Lipinski definition) is 5. The molecule has 1 saturated carbocycles. The molecule has 0 aromatic heterocycles. The molecule has 10 nitrogen and oxygen atoms in total. The molecule has 0 bridgehead atoms. The third kappa shape index (κ3) is 8.44. The lowest BCUT2D eigenvalue weighted by Gasteiger charge is -2.36. The lowest BCUT2D eigenvalue weighted by atomic mass is 9.84. The van der Waals surface area contributed by atoms with Crippen LogP contribution in [0.4, 0.5) is 5.69 Å². The molecule has 0 radical (unpaired) electrons. The number of piperidine rings is 1. The Balaban J connectivity index is 1.51. The predicted octanol–water partition coefficient (Wildman–Crippen LogP) is 1.56. The van der Waals surface area contributed by atoms with E-state index in [1.165, 1.54) is 0 Å². The molecule has 1 aliphatic carbocycles. The zero-order valence-electron chi connectivity index (χ0n) is 26.3. The first-order valence-electron chi connectivity index (χ1n) is 16.1. The fraction of sp³-hybridized carbons (Fsp3) is 0.750. The van der Waals surface area contributed by atoms with Gasteiger partial charge in [-0.15, -0.1) is 0 Å². The first kappa shape index (κ1) is 32.7. The van der Waals surface area contributed by atoms with Gasteiger partial charge in [0.15, 0.2) is 0 Å². The van der Waals surface area contributed by atoms with Crippen LogP contribution < -0.4 is 32.3 Å². The van der Waals surface area contributed by atoms with Gasteiger partial charge in [0.1, 0.15) is 0 Å². The Morgan fingerprint density at radius 3 is 2.57 bits per heavy atom. The van der Waals surface area contributed by atoms with Crippen LogP contribution in [0.1, 0.15) is 73.4 Å². The van der Waals surface area contributed by atoms with Crippen LogP contribution >= 0.6 is 0 Å². The number of carbonyl (C=O) groups is 2. The van der Waals surface area contributed by atoms with Gasteiger partial charge in [0.25, 0.3) is 5.91 Å². The molecule has 236 valence electrons. The van der Waals surface area contributed by atoms with Crippen molar-refractivity contribution in [2.75, 3.05) is 71.0 Å². The zero-order valence-corrected chi connectivity index (χ0v) is 26.3. The summed E-state index contributed by atoms with van der Waals surface area (Å²) in [6.45, 7) is 13.1. The smallest absolute Gasteiger partial charge is 0.251 e. The van der Waals surface area contributed by atoms with E-state index in [-0.39, 0.29) is 41.7 Å². The molecule has 7 N–H and O–H groups in total. The van der Waals surface area contributed by atoms with Crippen LogP contribution in [0.15, 0.2) is 12.1 Å². The summed E-state index contributed by atoms with van der Waals surface area (Å²) in [4.78, 5) is 31.2. The molecule has 42 heavy (non-hydrogen) atoms. The maximum atomic E-state index is 13.7. The van der Waals surface area contributed by atoms with Crippen LogP contribution in [-0.2, 0) is 9.53 Å². The number of rotatable bonds is 12. The van der Waals surface area contributed by atoms with Crippen molar-refractivity contribution in [2.45, 2.75) is 76.9 Å². The fourth-order valence-corrected chi connectivity index (χ4v) is 6.90. The average Bonchev–Trinajstić information content (AvgIpc) is 2.97. The number of amides is 2. The standard InChI is InChI=1S/C32H55N7O3/c1-21-15-22(2)37-32(41)29(21)20-36-31(40)28-16-24(25(18-33)19-35-9-10-39-11-13-42-14-12-39)17-30(23(28)3)38(4)27-7-5-26(34)6-8-27/h16-17,21-22,25-27,29,35H,5-15,18-20,33-34H2,1-4H3,(H,36,40)(H,37,41). The van der Waals surface area contributed by atoms with Gasteiger partial charge in [-0.1, -0.05) is 6.92 Å². The minimum atomic E-state index is -0.227. The van der Waals surface area contributed by atoms with E-state index in [0.29, 0.717) is 24.7 Å². The number of carbonyl (C=O) groups excluding carboxylic acids is 2. The molecule has 1 aromatic rings. The molecule has 4 atom stereocenters. The number of nitrogens with two attached hydrogens (primary N) is 2. The van der Waals surface area contributed by atoms with E-state index in [2.05, 4.69) is 45.8 Å². The van der Waals surface area contributed by atoms with E-state index >= 15 is 0 Å². The third-order valence-electron chi connectivity index (χ3n) is 9.79. The van der Waals surface area contributed by atoms with Gasteiger partial charge in [-0.05, 0) is 75.1 Å². The van der Waals surface area contributed by atoms with Crippen LogP contribution in [0, 0.1) is 18.8 Å². The summed E-state index contributed by atoms with van der Waals surface area (Å²) in [5, 5.41) is 9.76. The molecule has 4 rings (SSSR count). The Kier molecular flexibility index (Phi) is 12.0. The average molecular weight is 586 g/mol. The van der Waals surface area contributed by atoms with Crippen molar-refractivity contribution < 1.29 is 14.3 Å². The van der Waals surface area contributed by atoms with Crippen LogP contribution in [-0.4, -0.2) is 101 Å². The number of anilines is 1. The summed E-state index contributed by atoms with van der Waals surface area (Å²) >= 11 is 0. The zero-order chi connectivity index (χ0) is 30.2. The molecule has 2 heterocycles. The summed E-state index contributed by atoms with van der Waals surface area (Å²) in [5.74, 6) is -0.0567. The van der Waals surface area contributed by atoms with Gasteiger partial charge in [0, 0.05) is 88.2 Å². The molecule has 2 aliphatic heterocycles. The van der Waals surface area contributed by atoms with Crippen molar-refractivity contribution in [3.8, 4) is 0 Å². The Hall–Kier alpha value is -2.24. The van der Waals surface area contributed by atoms with E-state index in [1.807, 2.05) is 19.9 Å². The lowest BCUT2D eigenvalue weighted by Crippen LogP contribution is -2.50. The van der Waals surface area contributed by atoms with Crippen LogP contribution in [0.2, 0.25) is 0 Å². The van der Waals surface area contributed by atoms with Gasteiger partial charge in [-0.2, -0.15) is 0 Å². The van der Waals surface area contributed by atoms with E-state index < -0.39 is 0 Å². The summed E-state index contributed by atoms with van der Waals surface area (Å²) < 4.78 is 5.46. The molecule has 0 spiro atoms. The largest absolute Gasteiger partial charge is 0.379 e. The molecule has 10 heteroatoms. The number of nitrogens with one attached hydrogen (secondary N) is 3. The number of morpholine rings is 1. The second-order valence-corrected chi connectivity index (χ2v) is 12.9. The van der Waals surface area contributed by atoms with Gasteiger partial charge in [0.2, 0.25) is 5.91 Å². The van der Waals surface area contributed by atoms with Gasteiger partial charge in [-0.3, -0.25) is 14.5 Å². The predicted molar refractivity (Wildman–Crippen MR) is 169 cm³/mol. The van der Waals surface area contributed by atoms with Crippen LogP contribution in [0.5, 0.6) is 0 Å². The Morgan fingerprint density at radius 1 is 1.19 bits per heavy atom. The Bertz CT molecular complexity index is 1040. The first-order valence-corrected chi connectivity index (χ1v) is 16.1. The van der Waals surface area contributed by atoms with E-state index in [4.69, 9.17) is 16.2 Å². The van der Waals surface area contributed by atoms with E-state index in [0.717, 1.165) is 94.9 Å². The SMILES string of the molecule is Cc1c(C(=O)NCC2C(=O)NC(C)CC2C)cc(C(CN)CNCCN2CCOCC2)cc1N(C)C1CCC(N)CC1. The second-order valence-electron chi connectivity index (χ2n) is 12.9. The number of hydrogen-bond acceptors (Lipinski definition) is 8. The molecule has 3 fully saturated rings. The molecule has 2 amide bonds. The Morgan fingerprint density at radius 2 is 1.90 bits per heavy atom. The topological polar surface area (TPSA) is 138 Å². The van der Waals surface area contributed by atoms with Crippen molar-refractivity contribution in [3.05, 3.63) is 28.8 Å². The number of nitrogens with zero attached hydrogens (tertiary/aromatic N) is 2. The van der Waals surface area contributed by atoms with Crippen molar-refractivity contribution in [1.29, 1.82) is 0 Å². The highest BCUT2D eigenvalue weighted by molar-refractivity contribution is 5.97. The lowest BCUT2D eigenvalue weighted by molar-refractivity contribution is -0.129. The molecule has 2 saturated heterocycles. The molecular weight excluding hydrogens is 530 g/mol. The maximum absolute atomic E-state index is 13.7. The maximum Gasteiger partial charge on any atom is 0.251 e. The minimum absolute atomic E-state index is 0.0225. The van der Waals surface area contributed by atoms with Crippen molar-refractivity contribution in [3.63, 3.8) is 0 Å². The van der Waals surface area contributed by atoms with Crippen molar-refractivity contribution >= 4 is 17.5 Å². The fourth-order valence-electron chi connectivity index (χ4n) is 6.90. The van der Waals surface area contributed by atoms with Gasteiger partial charge >= 0.3 is 0 Å². The Labute approximate surface area is 252 Å². The monoisotopic (exact) mass is 585 g/mol. The van der Waals surface area contributed by atoms with E-state index in [1.54, 1.807) is 0 Å². The minimum Gasteiger partial charge on any atom is -0.379 e. The highest BCUT2D eigenvalue weighted by Gasteiger charge is 2.33. The first-order chi connectivity index (χ1) is 20.2. The summed E-state index contributed by atoms with van der Waals surface area (Å²) in [7, 11) is 2.14. The normalized spacial score (nSPS) is 27.8. The van der Waals surface area contributed by atoms with Gasteiger partial charge in [0.05, 0.1) is 19.1 Å². The molecule has 1 aromatic carbocycles. The highest BCUT2D eigenvalue weighted by atomic mass is 16.5. The third-order valence-corrected chi connectivity index (χ3v) is 9.79. The van der Waals surface area contributed by atoms with Crippen LogP contribution in [0.25, 0.3) is 0 Å². The summed E-state index contributed by atoms with van der Waals surface area (Å²) in [5.41, 5.74) is 16.3. The number of ether oxygens (including phenoxy) is 1. The van der Waals surface area contributed by atoms with Crippen molar-refractivity contribution in [1.82, 2.24) is 20.9 Å².